The third kappa shape index (κ3) is 4.12. The first-order chi connectivity index (χ1) is 12.2. The van der Waals surface area contributed by atoms with Crippen LogP contribution in [0.25, 0.3) is 0 Å². The number of amides is 1. The molecule has 2 aromatic rings. The summed E-state index contributed by atoms with van der Waals surface area (Å²) >= 11 is 0. The highest BCUT2D eigenvalue weighted by Crippen LogP contribution is 2.18. The molecule has 1 saturated heterocycles. The van der Waals surface area contributed by atoms with Crippen LogP contribution in [0.15, 0.2) is 49.3 Å². The van der Waals surface area contributed by atoms with E-state index in [1.165, 1.54) is 18.5 Å². The first-order valence-electron chi connectivity index (χ1n) is 8.14. The molecule has 1 aromatic heterocycles. The molecular formula is C18H20FN5O. The van der Waals surface area contributed by atoms with E-state index in [4.69, 9.17) is 0 Å². The SMILES string of the molecule is C=CCNc1cc(C(=O)N2CCN(c3ccc(F)cc3)CC2)ncn1. The molecule has 0 radical (unpaired) electrons. The topological polar surface area (TPSA) is 61.4 Å². The largest absolute Gasteiger partial charge is 0.368 e. The van der Waals surface area contributed by atoms with Crippen LogP contribution in [-0.4, -0.2) is 53.5 Å². The number of nitrogens with zero attached hydrogens (tertiary/aromatic N) is 4. The highest BCUT2D eigenvalue weighted by atomic mass is 19.1. The van der Waals surface area contributed by atoms with E-state index in [0.717, 1.165) is 5.69 Å². The minimum atomic E-state index is -0.248. The molecule has 0 bridgehead atoms. The number of rotatable bonds is 5. The standard InChI is InChI=1S/C18H20FN5O/c1-2-7-20-17-12-16(21-13-22-17)18(25)24-10-8-23(9-11-24)15-5-3-14(19)4-6-15/h2-6,12-13H,1,7-11H2,(H,20,21,22). The first kappa shape index (κ1) is 16.9. The van der Waals surface area contributed by atoms with Gasteiger partial charge in [-0.15, -0.1) is 6.58 Å². The van der Waals surface area contributed by atoms with Crippen molar-refractivity contribution in [2.24, 2.45) is 0 Å². The van der Waals surface area contributed by atoms with Gasteiger partial charge in [0.25, 0.3) is 5.91 Å². The smallest absolute Gasteiger partial charge is 0.272 e. The van der Waals surface area contributed by atoms with Gasteiger partial charge in [-0.3, -0.25) is 4.79 Å². The molecule has 1 aliphatic rings. The van der Waals surface area contributed by atoms with Crippen molar-refractivity contribution in [3.05, 3.63) is 60.8 Å². The minimum Gasteiger partial charge on any atom is -0.368 e. The van der Waals surface area contributed by atoms with E-state index in [2.05, 4.69) is 26.8 Å². The van der Waals surface area contributed by atoms with Gasteiger partial charge in [0.15, 0.2) is 0 Å². The third-order valence-corrected chi connectivity index (χ3v) is 4.07. The van der Waals surface area contributed by atoms with Crippen LogP contribution < -0.4 is 10.2 Å². The minimum absolute atomic E-state index is 0.109. The van der Waals surface area contributed by atoms with Gasteiger partial charge in [-0.25, -0.2) is 14.4 Å². The number of anilines is 2. The maximum atomic E-state index is 13.0. The fourth-order valence-corrected chi connectivity index (χ4v) is 2.73. The van der Waals surface area contributed by atoms with Gasteiger partial charge in [0.1, 0.15) is 23.7 Å². The second-order valence-corrected chi connectivity index (χ2v) is 5.71. The first-order valence-corrected chi connectivity index (χ1v) is 8.14. The Morgan fingerprint density at radius 3 is 2.60 bits per heavy atom. The van der Waals surface area contributed by atoms with Crippen molar-refractivity contribution in [2.45, 2.75) is 0 Å². The van der Waals surface area contributed by atoms with Gasteiger partial charge < -0.3 is 15.1 Å². The molecule has 2 heterocycles. The third-order valence-electron chi connectivity index (χ3n) is 4.07. The summed E-state index contributed by atoms with van der Waals surface area (Å²) in [5.74, 6) is 0.244. The predicted molar refractivity (Wildman–Crippen MR) is 95.2 cm³/mol. The summed E-state index contributed by atoms with van der Waals surface area (Å²) < 4.78 is 13.0. The van der Waals surface area contributed by atoms with Gasteiger partial charge in [-0.2, -0.15) is 0 Å². The predicted octanol–water partition coefficient (Wildman–Crippen LogP) is 2.18. The number of nitrogens with one attached hydrogen (secondary N) is 1. The Morgan fingerprint density at radius 1 is 1.20 bits per heavy atom. The molecule has 1 aliphatic heterocycles. The van der Waals surface area contributed by atoms with Gasteiger partial charge in [-0.05, 0) is 24.3 Å². The molecule has 1 fully saturated rings. The monoisotopic (exact) mass is 341 g/mol. The van der Waals surface area contributed by atoms with E-state index in [1.54, 1.807) is 29.2 Å². The van der Waals surface area contributed by atoms with Crippen molar-refractivity contribution in [3.8, 4) is 0 Å². The zero-order valence-corrected chi connectivity index (χ0v) is 13.9. The number of benzene rings is 1. The number of carbonyl (C=O) groups excluding carboxylic acids is 1. The van der Waals surface area contributed by atoms with Gasteiger partial charge in [0.2, 0.25) is 0 Å². The fourth-order valence-electron chi connectivity index (χ4n) is 2.73. The molecule has 1 aromatic carbocycles. The molecule has 130 valence electrons. The molecular weight excluding hydrogens is 321 g/mol. The summed E-state index contributed by atoms with van der Waals surface area (Å²) in [4.78, 5) is 24.7. The molecule has 0 unspecified atom stereocenters. The van der Waals surface area contributed by atoms with E-state index in [9.17, 15) is 9.18 Å². The van der Waals surface area contributed by atoms with Crippen LogP contribution in [0.1, 0.15) is 10.5 Å². The summed E-state index contributed by atoms with van der Waals surface area (Å²) in [7, 11) is 0. The van der Waals surface area contributed by atoms with Crippen molar-refractivity contribution in [1.29, 1.82) is 0 Å². The van der Waals surface area contributed by atoms with Crippen molar-refractivity contribution in [3.63, 3.8) is 0 Å². The van der Waals surface area contributed by atoms with Crippen LogP contribution in [0.5, 0.6) is 0 Å². The quantitative estimate of drug-likeness (QED) is 0.845. The van der Waals surface area contributed by atoms with Crippen LogP contribution in [0.2, 0.25) is 0 Å². The van der Waals surface area contributed by atoms with Gasteiger partial charge in [0, 0.05) is 44.5 Å². The maximum absolute atomic E-state index is 13.0. The Morgan fingerprint density at radius 2 is 1.92 bits per heavy atom. The van der Waals surface area contributed by atoms with Gasteiger partial charge >= 0.3 is 0 Å². The summed E-state index contributed by atoms with van der Waals surface area (Å²) in [6, 6.07) is 8.07. The average Bonchev–Trinajstić information content (AvgIpc) is 2.67. The number of hydrogen-bond acceptors (Lipinski definition) is 5. The Kier molecular flexibility index (Phi) is 5.23. The summed E-state index contributed by atoms with van der Waals surface area (Å²) in [6.07, 6.45) is 3.10. The Labute approximate surface area is 146 Å². The highest BCUT2D eigenvalue weighted by Gasteiger charge is 2.23. The normalized spacial score (nSPS) is 14.3. The van der Waals surface area contributed by atoms with Crippen molar-refractivity contribution in [1.82, 2.24) is 14.9 Å². The van der Waals surface area contributed by atoms with Crippen molar-refractivity contribution >= 4 is 17.4 Å². The summed E-state index contributed by atoms with van der Waals surface area (Å²) in [5, 5.41) is 3.05. The summed E-state index contributed by atoms with van der Waals surface area (Å²) in [5.41, 5.74) is 1.34. The van der Waals surface area contributed by atoms with E-state index >= 15 is 0 Å². The second kappa shape index (κ2) is 7.74. The molecule has 1 N–H and O–H groups in total. The Balaban J connectivity index is 1.61. The molecule has 0 atom stereocenters. The number of aromatic nitrogens is 2. The lowest BCUT2D eigenvalue weighted by molar-refractivity contribution is 0.0740. The molecule has 0 aliphatic carbocycles. The van der Waals surface area contributed by atoms with E-state index in [1.807, 2.05) is 0 Å². The summed E-state index contributed by atoms with van der Waals surface area (Å²) in [6.45, 7) is 6.79. The number of carbonyl (C=O) groups is 1. The zero-order chi connectivity index (χ0) is 17.6. The Bertz CT molecular complexity index is 741. The fraction of sp³-hybridized carbons (Fsp3) is 0.278. The van der Waals surface area contributed by atoms with Crippen molar-refractivity contribution < 1.29 is 9.18 Å². The lowest BCUT2D eigenvalue weighted by Gasteiger charge is -2.36. The molecule has 6 nitrogen and oxygen atoms in total. The van der Waals surface area contributed by atoms with Crippen LogP contribution in [-0.2, 0) is 0 Å². The molecule has 25 heavy (non-hydrogen) atoms. The molecule has 0 saturated carbocycles. The lowest BCUT2D eigenvalue weighted by atomic mass is 10.2. The molecule has 0 spiro atoms. The van der Waals surface area contributed by atoms with E-state index in [0.29, 0.717) is 44.2 Å². The molecule has 1 amide bonds. The van der Waals surface area contributed by atoms with Crippen LogP contribution in [0, 0.1) is 5.82 Å². The average molecular weight is 341 g/mol. The second-order valence-electron chi connectivity index (χ2n) is 5.71. The maximum Gasteiger partial charge on any atom is 0.272 e. The van der Waals surface area contributed by atoms with Crippen molar-refractivity contribution in [2.75, 3.05) is 42.9 Å². The zero-order valence-electron chi connectivity index (χ0n) is 13.9. The van der Waals surface area contributed by atoms with E-state index in [-0.39, 0.29) is 11.7 Å². The van der Waals surface area contributed by atoms with Crippen LogP contribution in [0.3, 0.4) is 0 Å². The number of halogens is 1. The number of piperazine rings is 1. The van der Waals surface area contributed by atoms with E-state index < -0.39 is 0 Å². The highest BCUT2D eigenvalue weighted by molar-refractivity contribution is 5.93. The molecule has 7 heteroatoms. The molecule has 3 rings (SSSR count). The lowest BCUT2D eigenvalue weighted by Crippen LogP contribution is -2.49. The van der Waals surface area contributed by atoms with Gasteiger partial charge in [0.05, 0.1) is 0 Å². The number of hydrogen-bond donors (Lipinski definition) is 1. The van der Waals surface area contributed by atoms with Gasteiger partial charge in [-0.1, -0.05) is 6.08 Å². The Hall–Kier alpha value is -2.96. The van der Waals surface area contributed by atoms with Crippen LogP contribution in [0.4, 0.5) is 15.9 Å². The van der Waals surface area contributed by atoms with Crippen LogP contribution >= 0.6 is 0 Å².